The van der Waals surface area contributed by atoms with Crippen molar-refractivity contribution in [3.05, 3.63) is 0 Å². The number of rotatable bonds is 6. The summed E-state index contributed by atoms with van der Waals surface area (Å²) in [5.74, 6) is 0. The molecule has 0 saturated heterocycles. The quantitative estimate of drug-likeness (QED) is 0.391. The first-order valence-corrected chi connectivity index (χ1v) is 9.12. The summed E-state index contributed by atoms with van der Waals surface area (Å²) in [7, 11) is 0. The SMILES string of the molecule is CCCCC(Br)(Br)C(Br)(Br)C(Br)(Br)CO. The Morgan fingerprint density at radius 1 is 0.933 bits per heavy atom. The monoisotopic (exact) mass is 598 g/mol. The first kappa shape index (κ1) is 17.8. The second kappa shape index (κ2) is 6.85. The lowest BCUT2D eigenvalue weighted by Gasteiger charge is -2.42. The van der Waals surface area contributed by atoms with Crippen LogP contribution in [-0.2, 0) is 0 Å². The fourth-order valence-electron chi connectivity index (χ4n) is 0.923. The van der Waals surface area contributed by atoms with Crippen molar-refractivity contribution in [3.63, 3.8) is 0 Å². The fraction of sp³-hybridized carbons (Fsp3) is 1.00. The summed E-state index contributed by atoms with van der Waals surface area (Å²) in [6.45, 7) is 2.08. The summed E-state index contributed by atoms with van der Waals surface area (Å²) in [6.07, 6.45) is 3.11. The van der Waals surface area contributed by atoms with E-state index in [2.05, 4.69) is 103 Å². The first-order chi connectivity index (χ1) is 6.62. The van der Waals surface area contributed by atoms with Crippen LogP contribution in [0.4, 0.5) is 0 Å². The molecule has 0 aliphatic heterocycles. The van der Waals surface area contributed by atoms with Crippen LogP contribution in [0.5, 0.6) is 0 Å². The summed E-state index contributed by atoms with van der Waals surface area (Å²) < 4.78 is -1.59. The van der Waals surface area contributed by atoms with Gasteiger partial charge in [-0.1, -0.05) is 115 Å². The average Bonchev–Trinajstić information content (AvgIpc) is 2.14. The van der Waals surface area contributed by atoms with Gasteiger partial charge in [0.25, 0.3) is 0 Å². The van der Waals surface area contributed by atoms with Gasteiger partial charge in [0, 0.05) is 0 Å². The van der Waals surface area contributed by atoms with Crippen molar-refractivity contribution in [1.29, 1.82) is 0 Å². The lowest BCUT2D eigenvalue weighted by Crippen LogP contribution is -2.49. The third kappa shape index (κ3) is 4.46. The summed E-state index contributed by atoms with van der Waals surface area (Å²) in [5, 5.41) is 9.32. The third-order valence-corrected chi connectivity index (χ3v) is 12.6. The van der Waals surface area contributed by atoms with E-state index in [0.717, 1.165) is 19.3 Å². The lowest BCUT2D eigenvalue weighted by molar-refractivity contribution is 0.282. The molecule has 92 valence electrons. The van der Waals surface area contributed by atoms with Crippen LogP contribution in [0.2, 0.25) is 0 Å². The molecule has 0 aliphatic carbocycles. The van der Waals surface area contributed by atoms with E-state index in [4.69, 9.17) is 0 Å². The standard InChI is InChI=1S/C8H12Br6O/c1-2-3-4-6(9,10)8(13,14)7(11,12)5-15/h15H,2-5H2,1H3. The molecular weight excluding hydrogens is 592 g/mol. The van der Waals surface area contributed by atoms with Gasteiger partial charge in [0.1, 0.15) is 9.70 Å². The van der Waals surface area contributed by atoms with E-state index in [-0.39, 0.29) is 9.84 Å². The van der Waals surface area contributed by atoms with Crippen molar-refractivity contribution < 1.29 is 5.11 Å². The van der Waals surface area contributed by atoms with Crippen molar-refractivity contribution in [2.75, 3.05) is 6.61 Å². The predicted molar refractivity (Wildman–Crippen MR) is 88.4 cm³/mol. The Bertz CT molecular complexity index is 203. The van der Waals surface area contributed by atoms with Crippen LogP contribution in [0.3, 0.4) is 0 Å². The highest BCUT2D eigenvalue weighted by Crippen LogP contribution is 2.61. The highest BCUT2D eigenvalue weighted by atomic mass is 79.9. The Kier molecular flexibility index (Phi) is 8.14. The molecule has 0 rings (SSSR count). The second-order valence-electron chi connectivity index (χ2n) is 3.24. The van der Waals surface area contributed by atoms with Crippen LogP contribution < -0.4 is 0 Å². The van der Waals surface area contributed by atoms with Crippen molar-refractivity contribution >= 4 is 95.6 Å². The van der Waals surface area contributed by atoms with Gasteiger partial charge in [-0.25, -0.2) is 0 Å². The van der Waals surface area contributed by atoms with Crippen molar-refractivity contribution in [1.82, 2.24) is 0 Å². The van der Waals surface area contributed by atoms with Gasteiger partial charge in [-0.2, -0.15) is 0 Å². The number of alkyl halides is 6. The zero-order chi connectivity index (χ0) is 12.3. The van der Waals surface area contributed by atoms with Crippen LogP contribution in [0.1, 0.15) is 26.2 Å². The molecule has 0 spiro atoms. The normalized spacial score (nSPS) is 14.4. The summed E-state index contributed by atoms with van der Waals surface area (Å²) in [5.41, 5.74) is 0. The number of aliphatic hydroxyl groups is 1. The van der Waals surface area contributed by atoms with Crippen LogP contribution in [0.25, 0.3) is 0 Å². The minimum absolute atomic E-state index is 0.0609. The lowest BCUT2D eigenvalue weighted by atomic mass is 10.1. The van der Waals surface area contributed by atoms with Crippen LogP contribution >= 0.6 is 95.6 Å². The van der Waals surface area contributed by atoms with Gasteiger partial charge in [-0.15, -0.1) is 0 Å². The first-order valence-electron chi connectivity index (χ1n) is 4.36. The number of unbranched alkanes of at least 4 members (excludes halogenated alkanes) is 1. The minimum Gasteiger partial charge on any atom is -0.394 e. The average molecular weight is 604 g/mol. The molecule has 15 heavy (non-hydrogen) atoms. The molecule has 0 aromatic rings. The van der Waals surface area contributed by atoms with Gasteiger partial charge in [0.05, 0.1) is 6.61 Å². The Morgan fingerprint density at radius 3 is 1.73 bits per heavy atom. The molecule has 7 heteroatoms. The van der Waals surface area contributed by atoms with Gasteiger partial charge >= 0.3 is 0 Å². The number of aliphatic hydroxyl groups excluding tert-OH is 1. The van der Waals surface area contributed by atoms with Crippen molar-refractivity contribution in [3.8, 4) is 0 Å². The third-order valence-electron chi connectivity index (χ3n) is 1.96. The maximum absolute atomic E-state index is 9.32. The molecule has 0 amide bonds. The summed E-state index contributed by atoms with van der Waals surface area (Å²) in [6, 6.07) is 0. The van der Waals surface area contributed by atoms with Crippen LogP contribution in [0.15, 0.2) is 0 Å². The minimum atomic E-state index is -0.659. The molecule has 0 unspecified atom stereocenters. The maximum Gasteiger partial charge on any atom is 0.133 e. The molecule has 1 nitrogen and oxygen atoms in total. The van der Waals surface area contributed by atoms with E-state index >= 15 is 0 Å². The maximum atomic E-state index is 9.32. The fourth-order valence-corrected chi connectivity index (χ4v) is 4.55. The van der Waals surface area contributed by atoms with Gasteiger partial charge in [-0.05, 0) is 6.42 Å². The Morgan fingerprint density at radius 2 is 1.40 bits per heavy atom. The Balaban J connectivity index is 4.83. The van der Waals surface area contributed by atoms with Crippen LogP contribution in [0, 0.1) is 0 Å². The van der Waals surface area contributed by atoms with Gasteiger partial charge in [-0.3, -0.25) is 0 Å². The largest absolute Gasteiger partial charge is 0.394 e. The summed E-state index contributed by atoms with van der Waals surface area (Å²) >= 11 is 21.3. The molecule has 0 atom stereocenters. The zero-order valence-electron chi connectivity index (χ0n) is 8.04. The van der Waals surface area contributed by atoms with E-state index in [0.29, 0.717) is 0 Å². The van der Waals surface area contributed by atoms with Crippen LogP contribution in [-0.4, -0.2) is 21.4 Å². The Hall–Kier alpha value is 2.84. The van der Waals surface area contributed by atoms with E-state index in [1.807, 2.05) is 0 Å². The molecule has 0 aromatic heterocycles. The molecule has 0 bridgehead atoms. The zero-order valence-corrected chi connectivity index (χ0v) is 17.6. The molecule has 0 fully saturated rings. The molecular formula is C8H12Br6O. The topological polar surface area (TPSA) is 20.2 Å². The van der Waals surface area contributed by atoms with Gasteiger partial charge in [0.2, 0.25) is 0 Å². The number of hydrogen-bond donors (Lipinski definition) is 1. The highest BCUT2D eigenvalue weighted by Gasteiger charge is 2.56. The molecule has 0 saturated carbocycles. The smallest absolute Gasteiger partial charge is 0.133 e. The molecule has 1 N–H and O–H groups in total. The van der Waals surface area contributed by atoms with Crippen molar-refractivity contribution in [2.45, 2.75) is 35.9 Å². The number of hydrogen-bond acceptors (Lipinski definition) is 1. The van der Waals surface area contributed by atoms with E-state index in [1.165, 1.54) is 0 Å². The van der Waals surface area contributed by atoms with E-state index < -0.39 is 6.47 Å². The highest BCUT2D eigenvalue weighted by molar-refractivity contribution is 9.33. The summed E-state index contributed by atoms with van der Waals surface area (Å²) in [4.78, 5) is 0. The number of halogens is 6. The Labute approximate surface area is 141 Å². The van der Waals surface area contributed by atoms with E-state index in [9.17, 15) is 5.11 Å². The predicted octanol–water partition coefficient (Wildman–Crippen LogP) is 5.63. The van der Waals surface area contributed by atoms with Gasteiger partial charge < -0.3 is 5.11 Å². The second-order valence-corrected chi connectivity index (χ2v) is 14.2. The van der Waals surface area contributed by atoms with E-state index in [1.54, 1.807) is 0 Å². The molecule has 0 heterocycles. The molecule has 0 aliphatic rings. The van der Waals surface area contributed by atoms with Crippen molar-refractivity contribution in [2.24, 2.45) is 0 Å². The molecule has 0 radical (unpaired) electrons. The molecule has 0 aromatic carbocycles. The van der Waals surface area contributed by atoms with Gasteiger partial charge in [0.15, 0.2) is 0 Å².